The van der Waals surface area contributed by atoms with Gasteiger partial charge in [-0.2, -0.15) is 0 Å². The molecule has 0 spiro atoms. The van der Waals surface area contributed by atoms with Crippen LogP contribution in [-0.4, -0.2) is 11.0 Å². The molecule has 0 aliphatic rings. The summed E-state index contributed by atoms with van der Waals surface area (Å²) in [5.41, 5.74) is 6.98. The summed E-state index contributed by atoms with van der Waals surface area (Å²) in [5, 5.41) is 3.66. The molecule has 1 aromatic heterocycles. The van der Waals surface area contributed by atoms with E-state index in [2.05, 4.69) is 10.3 Å². The zero-order valence-electron chi connectivity index (χ0n) is 7.58. The normalized spacial score (nSPS) is 10.3. The highest BCUT2D eigenvalue weighted by Crippen LogP contribution is 2.13. The molecule has 4 heteroatoms. The second-order valence-electron chi connectivity index (χ2n) is 3.10. The first-order valence-electron chi connectivity index (χ1n) is 4.35. The molecule has 0 atom stereocenters. The van der Waals surface area contributed by atoms with Crippen molar-refractivity contribution in [1.29, 1.82) is 0 Å². The molecule has 2 aromatic rings. The maximum Gasteiger partial charge on any atom is 0.312 e. The Bertz CT molecular complexity index is 428. The standard InChI is InChI=1S/C10H11N3O/c11-10(14)12-6-8-5-7-3-1-2-4-9(7)13-8/h1-5,13H,6H2,(H3,11,12,14). The Hall–Kier alpha value is -1.97. The number of para-hydroxylation sites is 1. The highest BCUT2D eigenvalue weighted by molar-refractivity contribution is 5.80. The number of hydrogen-bond donors (Lipinski definition) is 3. The van der Waals surface area contributed by atoms with Gasteiger partial charge in [-0.1, -0.05) is 18.2 Å². The van der Waals surface area contributed by atoms with Crippen molar-refractivity contribution in [2.75, 3.05) is 0 Å². The summed E-state index contributed by atoms with van der Waals surface area (Å²) in [7, 11) is 0. The van der Waals surface area contributed by atoms with E-state index in [0.717, 1.165) is 16.6 Å². The summed E-state index contributed by atoms with van der Waals surface area (Å²) >= 11 is 0. The van der Waals surface area contributed by atoms with Gasteiger partial charge in [0.15, 0.2) is 0 Å². The molecule has 4 nitrogen and oxygen atoms in total. The van der Waals surface area contributed by atoms with E-state index in [0.29, 0.717) is 6.54 Å². The average Bonchev–Trinajstić information content (AvgIpc) is 2.57. The lowest BCUT2D eigenvalue weighted by atomic mass is 10.2. The number of amides is 2. The van der Waals surface area contributed by atoms with Crippen LogP contribution in [0.3, 0.4) is 0 Å². The molecule has 0 aliphatic carbocycles. The SMILES string of the molecule is NC(=O)NCc1cc2ccccc2[nH]1. The molecule has 1 aromatic carbocycles. The number of aromatic amines is 1. The Morgan fingerprint density at radius 2 is 2.21 bits per heavy atom. The summed E-state index contributed by atoms with van der Waals surface area (Å²) in [5.74, 6) is 0. The number of hydrogen-bond acceptors (Lipinski definition) is 1. The van der Waals surface area contributed by atoms with Gasteiger partial charge >= 0.3 is 6.03 Å². The van der Waals surface area contributed by atoms with Gasteiger partial charge in [0.05, 0.1) is 6.54 Å². The molecule has 0 radical (unpaired) electrons. The van der Waals surface area contributed by atoms with E-state index in [4.69, 9.17) is 5.73 Å². The van der Waals surface area contributed by atoms with E-state index in [1.54, 1.807) is 0 Å². The zero-order chi connectivity index (χ0) is 9.97. The molecule has 72 valence electrons. The molecule has 0 fully saturated rings. The maximum absolute atomic E-state index is 10.5. The van der Waals surface area contributed by atoms with Crippen LogP contribution < -0.4 is 11.1 Å². The first-order chi connectivity index (χ1) is 6.75. The van der Waals surface area contributed by atoms with Crippen LogP contribution in [0.25, 0.3) is 10.9 Å². The van der Waals surface area contributed by atoms with E-state index in [9.17, 15) is 4.79 Å². The Morgan fingerprint density at radius 3 is 2.93 bits per heavy atom. The molecule has 0 aliphatic heterocycles. The summed E-state index contributed by atoms with van der Waals surface area (Å²) < 4.78 is 0. The number of benzene rings is 1. The third-order valence-corrected chi connectivity index (χ3v) is 2.04. The smallest absolute Gasteiger partial charge is 0.312 e. The highest BCUT2D eigenvalue weighted by atomic mass is 16.2. The number of fused-ring (bicyclic) bond motifs is 1. The lowest BCUT2D eigenvalue weighted by Gasteiger charge is -1.96. The number of H-pyrrole nitrogens is 1. The molecule has 0 saturated carbocycles. The Labute approximate surface area is 81.1 Å². The fourth-order valence-electron chi connectivity index (χ4n) is 1.41. The van der Waals surface area contributed by atoms with Gasteiger partial charge in [-0.05, 0) is 17.5 Å². The molecular formula is C10H11N3O. The average molecular weight is 189 g/mol. The van der Waals surface area contributed by atoms with E-state index < -0.39 is 6.03 Å². The largest absolute Gasteiger partial charge is 0.357 e. The van der Waals surface area contributed by atoms with Gasteiger partial charge in [-0.3, -0.25) is 0 Å². The fraction of sp³-hybridized carbons (Fsp3) is 0.100. The number of urea groups is 1. The molecule has 0 unspecified atom stereocenters. The van der Waals surface area contributed by atoms with Gasteiger partial charge in [0.25, 0.3) is 0 Å². The quantitative estimate of drug-likeness (QED) is 0.655. The van der Waals surface area contributed by atoms with Crippen molar-refractivity contribution in [3.63, 3.8) is 0 Å². The third-order valence-electron chi connectivity index (χ3n) is 2.04. The molecular weight excluding hydrogens is 178 g/mol. The molecule has 0 saturated heterocycles. The van der Waals surface area contributed by atoms with Crippen LogP contribution in [-0.2, 0) is 6.54 Å². The summed E-state index contributed by atoms with van der Waals surface area (Å²) in [4.78, 5) is 13.7. The number of nitrogens with one attached hydrogen (secondary N) is 2. The predicted octanol–water partition coefficient (Wildman–Crippen LogP) is 1.34. The Morgan fingerprint density at radius 1 is 1.43 bits per heavy atom. The lowest BCUT2D eigenvalue weighted by Crippen LogP contribution is -2.28. The molecule has 4 N–H and O–H groups in total. The van der Waals surface area contributed by atoms with Crippen LogP contribution in [0.4, 0.5) is 4.79 Å². The van der Waals surface area contributed by atoms with Crippen molar-refractivity contribution in [3.8, 4) is 0 Å². The van der Waals surface area contributed by atoms with Gasteiger partial charge < -0.3 is 16.0 Å². The molecule has 1 heterocycles. The van der Waals surface area contributed by atoms with Crippen molar-refractivity contribution >= 4 is 16.9 Å². The first-order valence-corrected chi connectivity index (χ1v) is 4.35. The number of rotatable bonds is 2. The van der Waals surface area contributed by atoms with Crippen molar-refractivity contribution in [2.24, 2.45) is 5.73 Å². The third kappa shape index (κ3) is 1.69. The van der Waals surface area contributed by atoms with Gasteiger partial charge in [-0.25, -0.2) is 4.79 Å². The Balaban J connectivity index is 2.22. The molecule has 2 rings (SSSR count). The second kappa shape index (κ2) is 3.41. The highest BCUT2D eigenvalue weighted by Gasteiger charge is 1.99. The van der Waals surface area contributed by atoms with Crippen molar-refractivity contribution in [1.82, 2.24) is 10.3 Å². The molecule has 0 bridgehead atoms. The van der Waals surface area contributed by atoms with E-state index in [1.165, 1.54) is 0 Å². The minimum absolute atomic E-state index is 0.435. The lowest BCUT2D eigenvalue weighted by molar-refractivity contribution is 0.248. The summed E-state index contributed by atoms with van der Waals surface area (Å²) in [6.07, 6.45) is 0. The van der Waals surface area contributed by atoms with Crippen LogP contribution in [0.2, 0.25) is 0 Å². The number of carbonyl (C=O) groups is 1. The summed E-state index contributed by atoms with van der Waals surface area (Å²) in [6, 6.07) is 9.42. The van der Waals surface area contributed by atoms with Crippen LogP contribution in [0.1, 0.15) is 5.69 Å². The Kier molecular flexibility index (Phi) is 2.10. The molecule has 14 heavy (non-hydrogen) atoms. The van der Waals surface area contributed by atoms with E-state index >= 15 is 0 Å². The van der Waals surface area contributed by atoms with Crippen molar-refractivity contribution in [2.45, 2.75) is 6.54 Å². The van der Waals surface area contributed by atoms with Gasteiger partial charge in [-0.15, -0.1) is 0 Å². The number of aromatic nitrogens is 1. The monoisotopic (exact) mass is 189 g/mol. The molecule has 2 amide bonds. The zero-order valence-corrected chi connectivity index (χ0v) is 7.58. The predicted molar refractivity (Wildman–Crippen MR) is 54.7 cm³/mol. The topological polar surface area (TPSA) is 70.9 Å². The number of primary amides is 1. The van der Waals surface area contributed by atoms with Crippen LogP contribution in [0.15, 0.2) is 30.3 Å². The maximum atomic E-state index is 10.5. The number of nitrogens with two attached hydrogens (primary N) is 1. The van der Waals surface area contributed by atoms with Gasteiger partial charge in [0.2, 0.25) is 0 Å². The second-order valence-corrected chi connectivity index (χ2v) is 3.10. The van der Waals surface area contributed by atoms with Crippen LogP contribution >= 0.6 is 0 Å². The van der Waals surface area contributed by atoms with Crippen molar-refractivity contribution < 1.29 is 4.79 Å². The fourth-order valence-corrected chi connectivity index (χ4v) is 1.41. The van der Waals surface area contributed by atoms with Crippen molar-refractivity contribution in [3.05, 3.63) is 36.0 Å². The van der Waals surface area contributed by atoms with Crippen LogP contribution in [0, 0.1) is 0 Å². The number of carbonyl (C=O) groups excluding carboxylic acids is 1. The van der Waals surface area contributed by atoms with Gasteiger partial charge in [0.1, 0.15) is 0 Å². The van der Waals surface area contributed by atoms with Gasteiger partial charge in [0, 0.05) is 11.2 Å². The van der Waals surface area contributed by atoms with E-state index in [-0.39, 0.29) is 0 Å². The van der Waals surface area contributed by atoms with E-state index in [1.807, 2.05) is 30.3 Å². The minimum atomic E-state index is -0.511. The van der Waals surface area contributed by atoms with Crippen LogP contribution in [0.5, 0.6) is 0 Å². The summed E-state index contributed by atoms with van der Waals surface area (Å²) in [6.45, 7) is 0.435. The minimum Gasteiger partial charge on any atom is -0.357 e. The first kappa shape index (κ1) is 8.62.